The van der Waals surface area contributed by atoms with Crippen molar-refractivity contribution >= 4 is 39.8 Å². The minimum atomic E-state index is -2.93. The Morgan fingerprint density at radius 2 is 1.77 bits per heavy atom. The largest absolute Gasteiger partial charge is 0.356 e. The number of nitrogens with one attached hydrogen (secondary N) is 2. The molecule has 1 aliphatic heterocycles. The maximum absolute atomic E-state index is 11.3. The highest BCUT2D eigenvalue weighted by atomic mass is 127. The van der Waals surface area contributed by atoms with Gasteiger partial charge in [-0.05, 0) is 31.9 Å². The molecule has 1 aromatic carbocycles. The Balaban J connectivity index is 0.00000450. The fourth-order valence-corrected chi connectivity index (χ4v) is 4.19. The first-order chi connectivity index (χ1) is 13.9. The Labute approximate surface area is 199 Å². The number of sulfone groups is 1. The first-order valence-corrected chi connectivity index (χ1v) is 12.6. The molecule has 1 fully saturated rings. The first-order valence-electron chi connectivity index (χ1n) is 10.5. The third-order valence-electron chi connectivity index (χ3n) is 5.19. The van der Waals surface area contributed by atoms with Crippen molar-refractivity contribution in [2.75, 3.05) is 58.3 Å². The fourth-order valence-electron chi connectivity index (χ4n) is 3.41. The lowest BCUT2D eigenvalue weighted by Gasteiger charge is -2.34. The predicted octanol–water partition coefficient (Wildman–Crippen LogP) is 1.80. The van der Waals surface area contributed by atoms with E-state index in [2.05, 4.69) is 55.8 Å². The van der Waals surface area contributed by atoms with Gasteiger partial charge in [-0.2, -0.15) is 0 Å². The maximum atomic E-state index is 11.3. The average molecular weight is 552 g/mol. The molecule has 0 aromatic heterocycles. The van der Waals surface area contributed by atoms with Crippen LogP contribution in [0.15, 0.2) is 35.3 Å². The highest BCUT2D eigenvalue weighted by Gasteiger charge is 2.16. The molecule has 0 radical (unpaired) electrons. The van der Waals surface area contributed by atoms with Gasteiger partial charge >= 0.3 is 0 Å². The molecule has 30 heavy (non-hydrogen) atoms. The van der Waals surface area contributed by atoms with E-state index in [0.717, 1.165) is 58.2 Å². The van der Waals surface area contributed by atoms with Gasteiger partial charge in [-0.1, -0.05) is 30.3 Å². The van der Waals surface area contributed by atoms with Crippen LogP contribution in [0.3, 0.4) is 0 Å². The van der Waals surface area contributed by atoms with Gasteiger partial charge in [0.2, 0.25) is 0 Å². The van der Waals surface area contributed by atoms with Gasteiger partial charge in [-0.25, -0.2) is 8.42 Å². The number of hydrogen-bond donors (Lipinski definition) is 2. The summed E-state index contributed by atoms with van der Waals surface area (Å²) in [5.41, 5.74) is 1.38. The number of rotatable bonds is 10. The minimum Gasteiger partial charge on any atom is -0.356 e. The van der Waals surface area contributed by atoms with Crippen molar-refractivity contribution < 1.29 is 8.42 Å². The molecule has 0 bridgehead atoms. The van der Waals surface area contributed by atoms with Crippen LogP contribution >= 0.6 is 24.0 Å². The average Bonchev–Trinajstić information content (AvgIpc) is 2.70. The normalized spacial score (nSPS) is 17.2. The van der Waals surface area contributed by atoms with Gasteiger partial charge in [0.25, 0.3) is 0 Å². The van der Waals surface area contributed by atoms with Crippen molar-refractivity contribution in [2.24, 2.45) is 4.99 Å². The van der Waals surface area contributed by atoms with Crippen molar-refractivity contribution in [3.05, 3.63) is 35.9 Å². The fraction of sp³-hybridized carbons (Fsp3) is 0.667. The van der Waals surface area contributed by atoms with Crippen LogP contribution < -0.4 is 10.6 Å². The van der Waals surface area contributed by atoms with Gasteiger partial charge in [-0.15, -0.1) is 24.0 Å². The van der Waals surface area contributed by atoms with Gasteiger partial charge in [-0.3, -0.25) is 9.89 Å². The Morgan fingerprint density at radius 1 is 1.13 bits per heavy atom. The summed E-state index contributed by atoms with van der Waals surface area (Å²) in [6.45, 7) is 9.40. The molecular formula is C21H38IN5O2S. The summed E-state index contributed by atoms with van der Waals surface area (Å²) in [5, 5.41) is 6.59. The molecule has 9 heteroatoms. The summed E-state index contributed by atoms with van der Waals surface area (Å²) in [5.74, 6) is 0.924. The van der Waals surface area contributed by atoms with Gasteiger partial charge in [0.15, 0.2) is 5.96 Å². The van der Waals surface area contributed by atoms with E-state index in [9.17, 15) is 8.42 Å². The highest BCUT2D eigenvalue weighted by Crippen LogP contribution is 2.08. The van der Waals surface area contributed by atoms with Crippen LogP contribution in [-0.2, 0) is 16.4 Å². The molecule has 0 saturated carbocycles. The first kappa shape index (κ1) is 27.1. The van der Waals surface area contributed by atoms with E-state index in [1.165, 1.54) is 11.8 Å². The number of halogens is 1. The van der Waals surface area contributed by atoms with Crippen LogP contribution in [0, 0.1) is 0 Å². The molecular weight excluding hydrogens is 513 g/mol. The lowest BCUT2D eigenvalue weighted by Crippen LogP contribution is -2.47. The van der Waals surface area contributed by atoms with Crippen molar-refractivity contribution in [2.45, 2.75) is 32.4 Å². The lowest BCUT2D eigenvalue weighted by molar-refractivity contribution is 0.126. The zero-order valence-corrected chi connectivity index (χ0v) is 21.7. The summed E-state index contributed by atoms with van der Waals surface area (Å²) in [4.78, 5) is 9.27. The van der Waals surface area contributed by atoms with E-state index in [0.29, 0.717) is 6.42 Å². The second-order valence-corrected chi connectivity index (χ2v) is 10.2. The highest BCUT2D eigenvalue weighted by molar-refractivity contribution is 14.0. The third-order valence-corrected chi connectivity index (χ3v) is 6.16. The van der Waals surface area contributed by atoms with Crippen LogP contribution in [-0.4, -0.2) is 88.5 Å². The molecule has 0 aliphatic carbocycles. The van der Waals surface area contributed by atoms with E-state index in [1.54, 1.807) is 7.05 Å². The summed E-state index contributed by atoms with van der Waals surface area (Å²) in [6.07, 6.45) is 2.90. The van der Waals surface area contributed by atoms with E-state index in [1.807, 2.05) is 6.92 Å². The second-order valence-electron chi connectivity index (χ2n) is 7.92. The van der Waals surface area contributed by atoms with Gasteiger partial charge in [0, 0.05) is 58.6 Å². The van der Waals surface area contributed by atoms with E-state index < -0.39 is 9.84 Å². The second kappa shape index (κ2) is 14.2. The zero-order valence-electron chi connectivity index (χ0n) is 18.5. The molecule has 2 N–H and O–H groups in total. The molecule has 0 amide bonds. The summed E-state index contributed by atoms with van der Waals surface area (Å²) in [6, 6.07) is 10.7. The number of nitrogens with zero attached hydrogens (tertiary/aromatic N) is 3. The Morgan fingerprint density at radius 3 is 2.37 bits per heavy atom. The predicted molar refractivity (Wildman–Crippen MR) is 136 cm³/mol. The summed E-state index contributed by atoms with van der Waals surface area (Å²) >= 11 is 0. The third kappa shape index (κ3) is 11.5. The van der Waals surface area contributed by atoms with Crippen LogP contribution in [0.4, 0.5) is 0 Å². The molecule has 1 heterocycles. The maximum Gasteiger partial charge on any atom is 0.191 e. The summed E-state index contributed by atoms with van der Waals surface area (Å²) in [7, 11) is -1.19. The molecule has 1 saturated heterocycles. The molecule has 1 unspecified atom stereocenters. The number of piperazine rings is 1. The van der Waals surface area contributed by atoms with E-state index in [4.69, 9.17) is 0 Å². The Kier molecular flexibility index (Phi) is 12.8. The van der Waals surface area contributed by atoms with Gasteiger partial charge < -0.3 is 15.5 Å². The number of aliphatic imine (C=N–C) groups is 1. The van der Waals surface area contributed by atoms with Crippen LogP contribution in [0.2, 0.25) is 0 Å². The van der Waals surface area contributed by atoms with Gasteiger partial charge in [0.1, 0.15) is 9.84 Å². The molecule has 1 aliphatic rings. The van der Waals surface area contributed by atoms with Gasteiger partial charge in [0.05, 0.1) is 5.75 Å². The smallest absolute Gasteiger partial charge is 0.191 e. The minimum absolute atomic E-state index is 0. The molecule has 7 nitrogen and oxygen atoms in total. The van der Waals surface area contributed by atoms with Crippen molar-refractivity contribution in [1.82, 2.24) is 20.4 Å². The molecule has 1 atom stereocenters. The molecule has 2 rings (SSSR count). The van der Waals surface area contributed by atoms with Crippen molar-refractivity contribution in [1.29, 1.82) is 0 Å². The number of hydrogen-bond acceptors (Lipinski definition) is 5. The van der Waals surface area contributed by atoms with E-state index in [-0.39, 0.29) is 35.8 Å². The molecule has 172 valence electrons. The monoisotopic (exact) mass is 551 g/mol. The topological polar surface area (TPSA) is 77.0 Å². The van der Waals surface area contributed by atoms with E-state index >= 15 is 0 Å². The zero-order chi connectivity index (χ0) is 21.1. The number of guanidine groups is 1. The SMILES string of the molecule is CN=C(NCCCN1CCN(Cc2ccccc2)CC1)NC(C)CCS(C)(=O)=O.I. The lowest BCUT2D eigenvalue weighted by atomic mass is 10.2. The number of benzene rings is 1. The standard InChI is InChI=1S/C21H37N5O2S.HI/c1-19(10-17-29(3,27)28)24-21(22-2)23-11-7-12-25-13-15-26(16-14-25)18-20-8-5-4-6-9-20;/h4-6,8-9,19H,7,10-18H2,1-3H3,(H2,22,23,24);1H. The quantitative estimate of drug-likeness (QED) is 0.200. The molecule has 1 aromatic rings. The van der Waals surface area contributed by atoms with Crippen LogP contribution in [0.1, 0.15) is 25.3 Å². The Bertz CT molecular complexity index is 722. The summed E-state index contributed by atoms with van der Waals surface area (Å²) < 4.78 is 22.6. The Hall–Kier alpha value is -0.910. The molecule has 0 spiro atoms. The van der Waals surface area contributed by atoms with Crippen molar-refractivity contribution in [3.8, 4) is 0 Å². The van der Waals surface area contributed by atoms with Crippen LogP contribution in [0.25, 0.3) is 0 Å². The van der Waals surface area contributed by atoms with Crippen LogP contribution in [0.5, 0.6) is 0 Å². The van der Waals surface area contributed by atoms with Crippen molar-refractivity contribution in [3.63, 3.8) is 0 Å².